The summed E-state index contributed by atoms with van der Waals surface area (Å²) in [6.45, 7) is 0.180. The fourth-order valence-corrected chi connectivity index (χ4v) is 2.14. The van der Waals surface area contributed by atoms with Crippen molar-refractivity contribution in [3.05, 3.63) is 41.3 Å². The largest absolute Gasteiger partial charge is 0.484 e. The number of fused-ring (bicyclic) bond motifs is 1. The van der Waals surface area contributed by atoms with Crippen LogP contribution in [-0.4, -0.2) is 19.7 Å². The quantitative estimate of drug-likeness (QED) is 0.565. The van der Waals surface area contributed by atoms with Crippen molar-refractivity contribution in [3.8, 4) is 5.75 Å². The normalized spacial score (nSPS) is 10.8. The van der Waals surface area contributed by atoms with E-state index in [9.17, 15) is 0 Å². The number of nitrogen functional groups attached to an aromatic ring is 1. The first-order chi connectivity index (χ1) is 10.2. The molecule has 3 aromatic rings. The second kappa shape index (κ2) is 5.55. The van der Waals surface area contributed by atoms with Gasteiger partial charge in [-0.3, -0.25) is 4.68 Å². The van der Waals surface area contributed by atoms with Crippen molar-refractivity contribution in [1.29, 1.82) is 0 Å². The van der Waals surface area contributed by atoms with Crippen LogP contribution in [0.4, 0.5) is 5.82 Å². The van der Waals surface area contributed by atoms with E-state index >= 15 is 0 Å². The number of halogens is 1. The molecule has 21 heavy (non-hydrogen) atoms. The number of hydrazine groups is 1. The first kappa shape index (κ1) is 13.6. The fourth-order valence-electron chi connectivity index (χ4n) is 1.95. The van der Waals surface area contributed by atoms with Gasteiger partial charge in [-0.05, 0) is 12.1 Å². The van der Waals surface area contributed by atoms with E-state index in [4.69, 9.17) is 22.2 Å². The molecule has 2 heterocycles. The van der Waals surface area contributed by atoms with E-state index in [1.54, 1.807) is 30.1 Å². The molecular weight excluding hydrogens is 292 g/mol. The van der Waals surface area contributed by atoms with Gasteiger partial charge in [0.2, 0.25) is 0 Å². The summed E-state index contributed by atoms with van der Waals surface area (Å²) in [5.74, 6) is 7.06. The molecule has 0 amide bonds. The molecule has 2 aromatic heterocycles. The number of benzene rings is 1. The van der Waals surface area contributed by atoms with E-state index < -0.39 is 0 Å². The first-order valence-electron chi connectivity index (χ1n) is 6.21. The molecule has 108 valence electrons. The number of rotatable bonds is 4. The van der Waals surface area contributed by atoms with Gasteiger partial charge in [0.1, 0.15) is 12.4 Å². The lowest BCUT2D eigenvalue weighted by molar-refractivity contribution is 0.296. The van der Waals surface area contributed by atoms with Gasteiger partial charge in [0.15, 0.2) is 17.3 Å². The maximum absolute atomic E-state index is 6.04. The molecule has 0 saturated heterocycles. The Balaban J connectivity index is 1.90. The number of nitrogens with two attached hydrogens (primary N) is 1. The highest BCUT2D eigenvalue weighted by atomic mass is 35.5. The van der Waals surface area contributed by atoms with Gasteiger partial charge >= 0.3 is 0 Å². The Labute approximate surface area is 125 Å². The van der Waals surface area contributed by atoms with Gasteiger partial charge in [-0.15, -0.1) is 0 Å². The maximum Gasteiger partial charge on any atom is 0.170 e. The molecule has 0 atom stereocenters. The second-order valence-electron chi connectivity index (χ2n) is 4.36. The minimum atomic E-state index is 0.180. The first-order valence-corrected chi connectivity index (χ1v) is 6.59. The molecule has 7 nitrogen and oxygen atoms in total. The summed E-state index contributed by atoms with van der Waals surface area (Å²) in [6.07, 6.45) is 1.66. The van der Waals surface area contributed by atoms with Crippen LogP contribution < -0.4 is 16.0 Å². The number of anilines is 1. The fraction of sp³-hybridized carbons (Fsp3) is 0.154. The highest BCUT2D eigenvalue weighted by Gasteiger charge is 2.11. The summed E-state index contributed by atoms with van der Waals surface area (Å²) >= 11 is 6.04. The lowest BCUT2D eigenvalue weighted by atomic mass is 10.3. The molecule has 8 heteroatoms. The van der Waals surface area contributed by atoms with Gasteiger partial charge in [0.25, 0.3) is 0 Å². The zero-order valence-electron chi connectivity index (χ0n) is 11.2. The SMILES string of the molecule is Cn1ncc2c(NN)nc(COc3ccccc3Cl)nc21. The van der Waals surface area contributed by atoms with Crippen LogP contribution in [0.1, 0.15) is 5.82 Å². The lowest BCUT2D eigenvalue weighted by Gasteiger charge is -2.08. The number of aromatic nitrogens is 4. The van der Waals surface area contributed by atoms with Gasteiger partial charge in [-0.1, -0.05) is 23.7 Å². The van der Waals surface area contributed by atoms with E-state index in [2.05, 4.69) is 20.5 Å². The van der Waals surface area contributed by atoms with Crippen molar-refractivity contribution >= 4 is 28.5 Å². The highest BCUT2D eigenvalue weighted by molar-refractivity contribution is 6.32. The Morgan fingerprint density at radius 1 is 1.33 bits per heavy atom. The molecular formula is C13H13ClN6O. The Morgan fingerprint density at radius 2 is 2.14 bits per heavy atom. The number of hydrogen-bond acceptors (Lipinski definition) is 6. The van der Waals surface area contributed by atoms with Gasteiger partial charge in [0.05, 0.1) is 16.6 Å². The molecule has 3 N–H and O–H groups in total. The monoisotopic (exact) mass is 304 g/mol. The van der Waals surface area contributed by atoms with E-state index in [0.29, 0.717) is 28.1 Å². The lowest BCUT2D eigenvalue weighted by Crippen LogP contribution is -2.12. The smallest absolute Gasteiger partial charge is 0.170 e. The van der Waals surface area contributed by atoms with Crippen LogP contribution in [0.15, 0.2) is 30.5 Å². The van der Waals surface area contributed by atoms with Crippen LogP contribution in [0.2, 0.25) is 5.02 Å². The molecule has 0 aliphatic heterocycles. The molecule has 0 aliphatic rings. The van der Waals surface area contributed by atoms with Crippen molar-refractivity contribution in [2.75, 3.05) is 5.43 Å². The van der Waals surface area contributed by atoms with Crippen molar-refractivity contribution < 1.29 is 4.74 Å². The number of nitrogens with zero attached hydrogens (tertiary/aromatic N) is 4. The second-order valence-corrected chi connectivity index (χ2v) is 4.76. The van der Waals surface area contributed by atoms with E-state index in [1.165, 1.54) is 0 Å². The summed E-state index contributed by atoms with van der Waals surface area (Å²) in [5.41, 5.74) is 3.22. The molecule has 0 spiro atoms. The topological polar surface area (TPSA) is 90.9 Å². The van der Waals surface area contributed by atoms with Crippen LogP contribution in [-0.2, 0) is 13.7 Å². The highest BCUT2D eigenvalue weighted by Crippen LogP contribution is 2.24. The third kappa shape index (κ3) is 2.61. The van der Waals surface area contributed by atoms with Crippen LogP contribution >= 0.6 is 11.6 Å². The number of hydrogen-bond donors (Lipinski definition) is 2. The van der Waals surface area contributed by atoms with Gasteiger partial charge < -0.3 is 10.2 Å². The Morgan fingerprint density at radius 3 is 2.90 bits per heavy atom. The van der Waals surface area contributed by atoms with Gasteiger partial charge in [-0.2, -0.15) is 5.10 Å². The van der Waals surface area contributed by atoms with Crippen molar-refractivity contribution in [2.24, 2.45) is 12.9 Å². The van der Waals surface area contributed by atoms with Crippen molar-refractivity contribution in [1.82, 2.24) is 19.7 Å². The number of aryl methyl sites for hydroxylation is 1. The zero-order chi connectivity index (χ0) is 14.8. The van der Waals surface area contributed by atoms with E-state index in [-0.39, 0.29) is 6.61 Å². The molecule has 0 bridgehead atoms. The minimum Gasteiger partial charge on any atom is -0.484 e. The number of nitrogens with one attached hydrogen (secondary N) is 1. The summed E-state index contributed by atoms with van der Waals surface area (Å²) in [4.78, 5) is 8.72. The molecule has 1 aromatic carbocycles. The molecule has 0 radical (unpaired) electrons. The third-order valence-corrected chi connectivity index (χ3v) is 3.28. The predicted octanol–water partition coefficient (Wildman–Crippen LogP) is 1.88. The summed E-state index contributed by atoms with van der Waals surface area (Å²) < 4.78 is 7.28. The van der Waals surface area contributed by atoms with Gasteiger partial charge in [-0.25, -0.2) is 15.8 Å². The molecule has 3 rings (SSSR count). The van der Waals surface area contributed by atoms with Crippen LogP contribution in [0, 0.1) is 0 Å². The molecule has 0 aliphatic carbocycles. The maximum atomic E-state index is 6.04. The van der Waals surface area contributed by atoms with Crippen molar-refractivity contribution in [3.63, 3.8) is 0 Å². The van der Waals surface area contributed by atoms with Crippen LogP contribution in [0.25, 0.3) is 11.0 Å². The average Bonchev–Trinajstić information content (AvgIpc) is 2.87. The summed E-state index contributed by atoms with van der Waals surface area (Å²) in [7, 11) is 1.80. The molecule has 0 saturated carbocycles. The third-order valence-electron chi connectivity index (χ3n) is 2.97. The van der Waals surface area contributed by atoms with E-state index in [0.717, 1.165) is 5.39 Å². The molecule has 0 fully saturated rings. The predicted molar refractivity (Wildman–Crippen MR) is 79.9 cm³/mol. The Kier molecular flexibility index (Phi) is 3.59. The Hall–Kier alpha value is -2.38. The average molecular weight is 305 g/mol. The zero-order valence-corrected chi connectivity index (χ0v) is 12.0. The molecule has 0 unspecified atom stereocenters. The van der Waals surface area contributed by atoms with Gasteiger partial charge in [0, 0.05) is 7.05 Å². The van der Waals surface area contributed by atoms with Crippen LogP contribution in [0.5, 0.6) is 5.75 Å². The summed E-state index contributed by atoms with van der Waals surface area (Å²) in [5, 5.41) is 5.42. The van der Waals surface area contributed by atoms with E-state index in [1.807, 2.05) is 12.1 Å². The number of ether oxygens (including phenoxy) is 1. The summed E-state index contributed by atoms with van der Waals surface area (Å²) in [6, 6.07) is 7.23. The van der Waals surface area contributed by atoms with Crippen molar-refractivity contribution in [2.45, 2.75) is 6.61 Å². The minimum absolute atomic E-state index is 0.180. The standard InChI is InChI=1S/C13H13ClN6O/c1-20-13-8(6-16-20)12(19-15)17-11(18-13)7-21-10-5-3-2-4-9(10)14/h2-6H,7,15H2,1H3,(H,17,18,19). The number of para-hydroxylation sites is 1. The van der Waals surface area contributed by atoms with Crippen LogP contribution in [0.3, 0.4) is 0 Å². The Bertz CT molecular complexity index is 787.